The van der Waals surface area contributed by atoms with Gasteiger partial charge < -0.3 is 15.0 Å². The number of benzene rings is 1. The van der Waals surface area contributed by atoms with Crippen LogP contribution >= 0.6 is 0 Å². The topological polar surface area (TPSA) is 54.1 Å². The Kier molecular flexibility index (Phi) is 4.72. The van der Waals surface area contributed by atoms with E-state index in [9.17, 15) is 4.79 Å². The summed E-state index contributed by atoms with van der Waals surface area (Å²) in [6.45, 7) is 2.15. The van der Waals surface area contributed by atoms with Crippen molar-refractivity contribution < 1.29 is 9.53 Å². The number of anilines is 1. The molecule has 0 fully saturated rings. The van der Waals surface area contributed by atoms with Crippen molar-refractivity contribution in [2.75, 3.05) is 12.4 Å². The van der Waals surface area contributed by atoms with Crippen LogP contribution in [0.25, 0.3) is 11.6 Å². The summed E-state index contributed by atoms with van der Waals surface area (Å²) >= 11 is 0. The highest BCUT2D eigenvalue weighted by Gasteiger charge is 2.26. The van der Waals surface area contributed by atoms with Crippen molar-refractivity contribution in [1.82, 2.24) is 4.98 Å². The van der Waals surface area contributed by atoms with E-state index < -0.39 is 0 Å². The molecule has 1 amide bonds. The Morgan fingerprint density at radius 2 is 2.17 bits per heavy atom. The molecule has 2 N–H and O–H groups in total. The lowest BCUT2D eigenvalue weighted by atomic mass is 9.99. The van der Waals surface area contributed by atoms with Gasteiger partial charge in [0.2, 0.25) is 0 Å². The lowest BCUT2D eigenvalue weighted by molar-refractivity contribution is -0.110. The number of aromatic amines is 1. The highest BCUT2D eigenvalue weighted by atomic mass is 16.5. The molecule has 0 unspecified atom stereocenters. The van der Waals surface area contributed by atoms with Crippen LogP contribution in [-0.2, 0) is 4.79 Å². The third-order valence-corrected chi connectivity index (χ3v) is 3.95. The van der Waals surface area contributed by atoms with E-state index in [1.54, 1.807) is 13.3 Å². The molecule has 4 heteroatoms. The summed E-state index contributed by atoms with van der Waals surface area (Å²) in [6, 6.07) is 7.60. The Hall–Kier alpha value is -2.93. The zero-order valence-electron chi connectivity index (χ0n) is 13.9. The van der Waals surface area contributed by atoms with Gasteiger partial charge in [0.05, 0.1) is 24.1 Å². The molecule has 0 atom stereocenters. The number of hydrogen-bond donors (Lipinski definition) is 2. The zero-order valence-corrected chi connectivity index (χ0v) is 13.9. The summed E-state index contributed by atoms with van der Waals surface area (Å²) in [7, 11) is 1.61. The van der Waals surface area contributed by atoms with Crippen LogP contribution < -0.4 is 10.1 Å². The van der Waals surface area contributed by atoms with Crippen LogP contribution in [-0.4, -0.2) is 18.0 Å². The van der Waals surface area contributed by atoms with Crippen LogP contribution in [0.2, 0.25) is 0 Å². The van der Waals surface area contributed by atoms with Crippen molar-refractivity contribution in [3.63, 3.8) is 0 Å². The molecule has 0 saturated heterocycles. The summed E-state index contributed by atoms with van der Waals surface area (Å²) < 4.78 is 5.31. The fourth-order valence-electron chi connectivity index (χ4n) is 2.72. The number of rotatable bonds is 4. The molecule has 0 aliphatic carbocycles. The third-order valence-electron chi connectivity index (χ3n) is 3.95. The molecule has 0 radical (unpaired) electrons. The van der Waals surface area contributed by atoms with Crippen molar-refractivity contribution in [3.05, 3.63) is 47.3 Å². The van der Waals surface area contributed by atoms with Gasteiger partial charge in [-0.15, -0.1) is 0 Å². The molecule has 1 aromatic carbocycles. The largest absolute Gasteiger partial charge is 0.495 e. The van der Waals surface area contributed by atoms with E-state index in [0.29, 0.717) is 11.3 Å². The molecule has 0 saturated carbocycles. The standard InChI is InChI=1S/C20H20N2O2/c1-3-4-5-6-8-14-9-7-10-16-19(14)15(20(23)22-16)13-17-18(24-2)11-12-21-17/h7,9-13,21H,3-5H2,1-2H3,(H,22,23)/b15-13-. The SMILES string of the molecule is CCCCC#Cc1cccc2c1/C(=C/c1[nH]ccc1OC)C(=O)N2. The quantitative estimate of drug-likeness (QED) is 0.507. The lowest BCUT2D eigenvalue weighted by Gasteiger charge is -2.03. The first kappa shape index (κ1) is 15.9. The summed E-state index contributed by atoms with van der Waals surface area (Å²) in [4.78, 5) is 15.5. The van der Waals surface area contributed by atoms with Crippen LogP contribution in [0.4, 0.5) is 5.69 Å². The first-order valence-corrected chi connectivity index (χ1v) is 8.11. The maximum Gasteiger partial charge on any atom is 0.256 e. The molecule has 1 aromatic heterocycles. The second-order valence-electron chi connectivity index (χ2n) is 5.61. The molecule has 4 nitrogen and oxygen atoms in total. The predicted octanol–water partition coefficient (Wildman–Crippen LogP) is 4.06. The number of unbranched alkanes of at least 4 members (excludes halogenated alkanes) is 2. The zero-order chi connectivity index (χ0) is 16.9. The molecule has 2 aromatic rings. The minimum atomic E-state index is -0.121. The molecular formula is C20H20N2O2. The molecule has 122 valence electrons. The Morgan fingerprint density at radius 3 is 2.96 bits per heavy atom. The van der Waals surface area contributed by atoms with E-state index in [-0.39, 0.29) is 5.91 Å². The van der Waals surface area contributed by atoms with Gasteiger partial charge >= 0.3 is 0 Å². The van der Waals surface area contributed by atoms with Crippen LogP contribution in [0.15, 0.2) is 30.5 Å². The van der Waals surface area contributed by atoms with Crippen molar-refractivity contribution >= 4 is 23.2 Å². The van der Waals surface area contributed by atoms with Gasteiger partial charge in [-0.05, 0) is 30.7 Å². The van der Waals surface area contributed by atoms with Gasteiger partial charge in [-0.25, -0.2) is 0 Å². The number of carbonyl (C=O) groups is 1. The third kappa shape index (κ3) is 3.07. The molecule has 0 spiro atoms. The number of ether oxygens (including phenoxy) is 1. The number of amides is 1. The van der Waals surface area contributed by atoms with Gasteiger partial charge in [-0.2, -0.15) is 0 Å². The number of carbonyl (C=O) groups excluding carboxylic acids is 1. The van der Waals surface area contributed by atoms with Crippen molar-refractivity contribution in [2.45, 2.75) is 26.2 Å². The van der Waals surface area contributed by atoms with Gasteiger partial charge in [0, 0.05) is 23.7 Å². The van der Waals surface area contributed by atoms with E-state index >= 15 is 0 Å². The monoisotopic (exact) mass is 320 g/mol. The Balaban J connectivity index is 2.03. The first-order valence-electron chi connectivity index (χ1n) is 8.11. The Morgan fingerprint density at radius 1 is 1.29 bits per heavy atom. The van der Waals surface area contributed by atoms with Crippen LogP contribution in [0, 0.1) is 11.8 Å². The van der Waals surface area contributed by atoms with E-state index in [0.717, 1.165) is 41.8 Å². The fourth-order valence-corrected chi connectivity index (χ4v) is 2.72. The van der Waals surface area contributed by atoms with Crippen LogP contribution in [0.5, 0.6) is 5.75 Å². The van der Waals surface area contributed by atoms with Crippen LogP contribution in [0.1, 0.15) is 43.0 Å². The maximum atomic E-state index is 12.4. The Bertz CT molecular complexity index is 850. The minimum absolute atomic E-state index is 0.121. The maximum absolute atomic E-state index is 12.4. The average Bonchev–Trinajstić information content (AvgIpc) is 3.16. The predicted molar refractivity (Wildman–Crippen MR) is 96.7 cm³/mol. The average molecular weight is 320 g/mol. The molecule has 0 bridgehead atoms. The highest BCUT2D eigenvalue weighted by Crippen LogP contribution is 2.36. The summed E-state index contributed by atoms with van der Waals surface area (Å²) in [5.41, 5.74) is 3.91. The van der Waals surface area contributed by atoms with Gasteiger partial charge in [-0.3, -0.25) is 4.79 Å². The molecule has 1 aliphatic heterocycles. The van der Waals surface area contributed by atoms with Gasteiger partial charge in [0.1, 0.15) is 5.75 Å². The fraction of sp³-hybridized carbons (Fsp3) is 0.250. The summed E-state index contributed by atoms with van der Waals surface area (Å²) in [5.74, 6) is 7.00. The summed E-state index contributed by atoms with van der Waals surface area (Å²) in [5, 5.41) is 2.91. The van der Waals surface area contributed by atoms with Gasteiger partial charge in [0.15, 0.2) is 0 Å². The number of H-pyrrole nitrogens is 1. The van der Waals surface area contributed by atoms with E-state index in [2.05, 4.69) is 29.1 Å². The summed E-state index contributed by atoms with van der Waals surface area (Å²) in [6.07, 6.45) is 6.68. The number of aromatic nitrogens is 1. The smallest absolute Gasteiger partial charge is 0.256 e. The lowest BCUT2D eigenvalue weighted by Crippen LogP contribution is -2.03. The number of nitrogens with one attached hydrogen (secondary N) is 2. The van der Waals surface area contributed by atoms with Crippen molar-refractivity contribution in [2.24, 2.45) is 0 Å². The van der Waals surface area contributed by atoms with E-state index in [1.807, 2.05) is 30.3 Å². The highest BCUT2D eigenvalue weighted by molar-refractivity contribution is 6.35. The number of fused-ring (bicyclic) bond motifs is 1. The first-order chi connectivity index (χ1) is 11.7. The van der Waals surface area contributed by atoms with Gasteiger partial charge in [0.25, 0.3) is 5.91 Å². The second-order valence-corrected chi connectivity index (χ2v) is 5.61. The van der Waals surface area contributed by atoms with Gasteiger partial charge in [-0.1, -0.05) is 31.3 Å². The second kappa shape index (κ2) is 7.10. The normalized spacial score (nSPS) is 14.1. The molecule has 24 heavy (non-hydrogen) atoms. The molecule has 1 aliphatic rings. The van der Waals surface area contributed by atoms with E-state index in [1.165, 1.54) is 0 Å². The van der Waals surface area contributed by atoms with Crippen molar-refractivity contribution in [1.29, 1.82) is 0 Å². The van der Waals surface area contributed by atoms with Crippen LogP contribution in [0.3, 0.4) is 0 Å². The van der Waals surface area contributed by atoms with E-state index in [4.69, 9.17) is 4.74 Å². The molecule has 3 rings (SSSR count). The number of hydrogen-bond acceptors (Lipinski definition) is 2. The Labute approximate surface area is 141 Å². The minimum Gasteiger partial charge on any atom is -0.495 e. The van der Waals surface area contributed by atoms with Crippen molar-refractivity contribution in [3.8, 4) is 17.6 Å². The molecular weight excluding hydrogens is 300 g/mol. The molecule has 2 heterocycles. The number of methoxy groups -OCH3 is 1.